The van der Waals surface area contributed by atoms with Crippen molar-refractivity contribution in [2.75, 3.05) is 6.61 Å². The fourth-order valence-corrected chi connectivity index (χ4v) is 1.28. The second kappa shape index (κ2) is 3.18. The number of aliphatic hydroxyl groups excluding tert-OH is 1. The Morgan fingerprint density at radius 2 is 2.44 bits per heavy atom. The van der Waals surface area contributed by atoms with Gasteiger partial charge in [0.1, 0.15) is 0 Å². The number of hydrogen-bond acceptors (Lipinski definition) is 2. The molecular weight excluding hydrogens is 116 g/mol. The van der Waals surface area contributed by atoms with E-state index in [1.807, 2.05) is 0 Å². The van der Waals surface area contributed by atoms with Crippen LogP contribution in [0.15, 0.2) is 0 Å². The minimum atomic E-state index is -0.471. The first-order valence-electron chi connectivity index (χ1n) is 3.62. The Morgan fingerprint density at radius 3 is 2.89 bits per heavy atom. The quantitative estimate of drug-likeness (QED) is 0.607. The fourth-order valence-electron chi connectivity index (χ4n) is 1.28. The number of rotatable bonds is 2. The SMILES string of the molecule is CCCC1COC(O)C1. The number of aliphatic hydroxyl groups is 1. The summed E-state index contributed by atoms with van der Waals surface area (Å²) in [6, 6.07) is 0. The van der Waals surface area contributed by atoms with E-state index in [0.29, 0.717) is 5.92 Å². The van der Waals surface area contributed by atoms with Crippen LogP contribution in [0.3, 0.4) is 0 Å². The fraction of sp³-hybridized carbons (Fsp3) is 1.00. The van der Waals surface area contributed by atoms with E-state index >= 15 is 0 Å². The van der Waals surface area contributed by atoms with Crippen LogP contribution in [0, 0.1) is 5.92 Å². The van der Waals surface area contributed by atoms with Gasteiger partial charge in [-0.3, -0.25) is 0 Å². The Labute approximate surface area is 55.8 Å². The summed E-state index contributed by atoms with van der Waals surface area (Å²) in [5, 5.41) is 8.90. The van der Waals surface area contributed by atoms with Crippen molar-refractivity contribution in [2.24, 2.45) is 5.92 Å². The molecule has 1 fully saturated rings. The van der Waals surface area contributed by atoms with E-state index < -0.39 is 6.29 Å². The lowest BCUT2D eigenvalue weighted by molar-refractivity contribution is -0.0591. The largest absolute Gasteiger partial charge is 0.368 e. The van der Waals surface area contributed by atoms with Crippen LogP contribution < -0.4 is 0 Å². The molecule has 0 aliphatic carbocycles. The zero-order valence-corrected chi connectivity index (χ0v) is 5.84. The summed E-state index contributed by atoms with van der Waals surface area (Å²) in [6.45, 7) is 2.92. The highest BCUT2D eigenvalue weighted by atomic mass is 16.6. The van der Waals surface area contributed by atoms with E-state index in [-0.39, 0.29) is 0 Å². The van der Waals surface area contributed by atoms with Crippen LogP contribution in [-0.2, 0) is 4.74 Å². The van der Waals surface area contributed by atoms with Crippen LogP contribution in [0.4, 0.5) is 0 Å². The first-order valence-corrected chi connectivity index (χ1v) is 3.62. The van der Waals surface area contributed by atoms with Gasteiger partial charge >= 0.3 is 0 Å². The van der Waals surface area contributed by atoms with E-state index in [1.165, 1.54) is 12.8 Å². The van der Waals surface area contributed by atoms with Gasteiger partial charge in [-0.05, 0) is 12.3 Å². The van der Waals surface area contributed by atoms with E-state index in [9.17, 15) is 0 Å². The summed E-state index contributed by atoms with van der Waals surface area (Å²) in [6.07, 6.45) is 2.76. The minimum Gasteiger partial charge on any atom is -0.368 e. The number of ether oxygens (including phenoxy) is 1. The molecule has 1 heterocycles. The minimum absolute atomic E-state index is 0.471. The first kappa shape index (κ1) is 7.03. The Bertz CT molecular complexity index is 81.0. The van der Waals surface area contributed by atoms with Crippen LogP contribution in [-0.4, -0.2) is 18.0 Å². The predicted octanol–water partition coefficient (Wildman–Crippen LogP) is 1.14. The third-order valence-electron chi connectivity index (χ3n) is 1.76. The van der Waals surface area contributed by atoms with Gasteiger partial charge in [0, 0.05) is 6.42 Å². The van der Waals surface area contributed by atoms with Crippen LogP contribution in [0.1, 0.15) is 26.2 Å². The molecule has 1 N–H and O–H groups in total. The molecular formula is C7H14O2. The monoisotopic (exact) mass is 130 g/mol. The van der Waals surface area contributed by atoms with Crippen molar-refractivity contribution in [2.45, 2.75) is 32.5 Å². The topological polar surface area (TPSA) is 29.5 Å². The van der Waals surface area contributed by atoms with E-state index in [1.54, 1.807) is 0 Å². The van der Waals surface area contributed by atoms with Crippen LogP contribution in [0.25, 0.3) is 0 Å². The highest BCUT2D eigenvalue weighted by Gasteiger charge is 2.21. The smallest absolute Gasteiger partial charge is 0.154 e. The molecule has 2 heteroatoms. The standard InChI is InChI=1S/C7H14O2/c1-2-3-6-4-7(8)9-5-6/h6-8H,2-5H2,1H3. The van der Waals surface area contributed by atoms with Gasteiger partial charge < -0.3 is 9.84 Å². The van der Waals surface area contributed by atoms with Crippen molar-refractivity contribution in [3.63, 3.8) is 0 Å². The molecule has 9 heavy (non-hydrogen) atoms. The Hall–Kier alpha value is -0.0800. The summed E-state index contributed by atoms with van der Waals surface area (Å²) in [4.78, 5) is 0. The summed E-state index contributed by atoms with van der Waals surface area (Å²) in [5.74, 6) is 0.616. The molecule has 1 saturated heterocycles. The van der Waals surface area contributed by atoms with Crippen molar-refractivity contribution in [1.82, 2.24) is 0 Å². The molecule has 1 rings (SSSR count). The van der Waals surface area contributed by atoms with E-state index in [4.69, 9.17) is 9.84 Å². The lowest BCUT2D eigenvalue weighted by atomic mass is 10.0. The Kier molecular flexibility index (Phi) is 2.49. The molecule has 54 valence electrons. The molecule has 0 saturated carbocycles. The lowest BCUT2D eigenvalue weighted by Gasteiger charge is -2.01. The average Bonchev–Trinajstić information content (AvgIpc) is 2.17. The van der Waals surface area contributed by atoms with Gasteiger partial charge in [-0.15, -0.1) is 0 Å². The van der Waals surface area contributed by atoms with Gasteiger partial charge in [0.25, 0.3) is 0 Å². The second-order valence-electron chi connectivity index (χ2n) is 2.68. The highest BCUT2D eigenvalue weighted by Crippen LogP contribution is 2.21. The second-order valence-corrected chi connectivity index (χ2v) is 2.68. The van der Waals surface area contributed by atoms with Gasteiger partial charge in [-0.25, -0.2) is 0 Å². The molecule has 0 radical (unpaired) electrons. The molecule has 2 atom stereocenters. The summed E-state index contributed by atoms with van der Waals surface area (Å²) in [7, 11) is 0. The molecule has 0 bridgehead atoms. The molecule has 1 aliphatic rings. The molecule has 0 aromatic carbocycles. The van der Waals surface area contributed by atoms with Crippen molar-refractivity contribution in [3.8, 4) is 0 Å². The summed E-state index contributed by atoms with van der Waals surface area (Å²) < 4.78 is 4.97. The van der Waals surface area contributed by atoms with Crippen molar-refractivity contribution < 1.29 is 9.84 Å². The maximum atomic E-state index is 8.90. The third kappa shape index (κ3) is 1.95. The van der Waals surface area contributed by atoms with Crippen molar-refractivity contribution in [3.05, 3.63) is 0 Å². The first-order chi connectivity index (χ1) is 4.33. The van der Waals surface area contributed by atoms with Crippen LogP contribution in [0.5, 0.6) is 0 Å². The lowest BCUT2D eigenvalue weighted by Crippen LogP contribution is -2.01. The summed E-state index contributed by atoms with van der Waals surface area (Å²) in [5.41, 5.74) is 0. The molecule has 0 spiro atoms. The van der Waals surface area contributed by atoms with Gasteiger partial charge in [0.15, 0.2) is 6.29 Å². The maximum Gasteiger partial charge on any atom is 0.154 e. The summed E-state index contributed by atoms with van der Waals surface area (Å²) >= 11 is 0. The van der Waals surface area contributed by atoms with Gasteiger partial charge in [-0.1, -0.05) is 13.3 Å². The normalized spacial score (nSPS) is 35.3. The highest BCUT2D eigenvalue weighted by molar-refractivity contribution is 4.65. The zero-order chi connectivity index (χ0) is 6.69. The molecule has 0 amide bonds. The maximum absolute atomic E-state index is 8.90. The van der Waals surface area contributed by atoms with E-state index in [2.05, 4.69) is 6.92 Å². The van der Waals surface area contributed by atoms with Gasteiger partial charge in [0.2, 0.25) is 0 Å². The predicted molar refractivity (Wildman–Crippen MR) is 35.0 cm³/mol. The molecule has 1 aliphatic heterocycles. The van der Waals surface area contributed by atoms with Crippen molar-refractivity contribution >= 4 is 0 Å². The Balaban J connectivity index is 2.14. The zero-order valence-electron chi connectivity index (χ0n) is 5.84. The van der Waals surface area contributed by atoms with E-state index in [0.717, 1.165) is 13.0 Å². The molecule has 2 unspecified atom stereocenters. The molecule has 2 nitrogen and oxygen atoms in total. The average molecular weight is 130 g/mol. The third-order valence-corrected chi connectivity index (χ3v) is 1.76. The van der Waals surface area contributed by atoms with Crippen molar-refractivity contribution in [1.29, 1.82) is 0 Å². The number of hydrogen-bond donors (Lipinski definition) is 1. The Morgan fingerprint density at radius 1 is 1.67 bits per heavy atom. The molecule has 0 aromatic rings. The molecule has 0 aromatic heterocycles. The van der Waals surface area contributed by atoms with Gasteiger partial charge in [-0.2, -0.15) is 0 Å². The van der Waals surface area contributed by atoms with Gasteiger partial charge in [0.05, 0.1) is 6.61 Å². The van der Waals surface area contributed by atoms with Crippen LogP contribution in [0.2, 0.25) is 0 Å². The van der Waals surface area contributed by atoms with Crippen LogP contribution >= 0.6 is 0 Å².